The molecular weight excluding hydrogens is 339 g/mol. The average molecular weight is 352 g/mol. The van der Waals surface area contributed by atoms with Crippen LogP contribution in [0.1, 0.15) is 17.3 Å². The van der Waals surface area contributed by atoms with Crippen molar-refractivity contribution in [1.82, 2.24) is 9.97 Å². The summed E-state index contributed by atoms with van der Waals surface area (Å²) >= 11 is 0.788. The summed E-state index contributed by atoms with van der Waals surface area (Å²) in [6.07, 6.45) is 0. The predicted octanol–water partition coefficient (Wildman–Crippen LogP) is 1.31. The van der Waals surface area contributed by atoms with Gasteiger partial charge in [-0.15, -0.1) is 0 Å². The van der Waals surface area contributed by atoms with Crippen LogP contribution in [0, 0.1) is 5.82 Å². The molecule has 0 fully saturated rings. The van der Waals surface area contributed by atoms with Crippen molar-refractivity contribution in [3.05, 3.63) is 46.0 Å². The number of thioether (sulfide) groups is 1. The molecular formula is C14H13FN4O4S. The van der Waals surface area contributed by atoms with Crippen LogP contribution in [0.2, 0.25) is 0 Å². The number of aromatic amines is 1. The molecule has 0 radical (unpaired) electrons. The monoisotopic (exact) mass is 352 g/mol. The van der Waals surface area contributed by atoms with Crippen molar-refractivity contribution in [1.29, 1.82) is 0 Å². The van der Waals surface area contributed by atoms with Crippen LogP contribution in [0.25, 0.3) is 0 Å². The van der Waals surface area contributed by atoms with Crippen LogP contribution >= 0.6 is 11.8 Å². The van der Waals surface area contributed by atoms with E-state index in [0.717, 1.165) is 17.8 Å². The molecule has 24 heavy (non-hydrogen) atoms. The fourth-order valence-corrected chi connectivity index (χ4v) is 2.43. The molecule has 1 atom stereocenters. The Labute approximate surface area is 139 Å². The van der Waals surface area contributed by atoms with Crippen molar-refractivity contribution in [2.75, 3.05) is 11.1 Å². The highest BCUT2D eigenvalue weighted by Gasteiger charge is 2.19. The number of hydrogen-bond donors (Lipinski definition) is 4. The van der Waals surface area contributed by atoms with E-state index >= 15 is 0 Å². The van der Waals surface area contributed by atoms with Gasteiger partial charge in [-0.2, -0.15) is 0 Å². The molecule has 0 saturated carbocycles. The maximum Gasteiger partial charge on any atom is 0.316 e. The van der Waals surface area contributed by atoms with Gasteiger partial charge in [-0.05, 0) is 19.1 Å². The molecule has 0 aliphatic carbocycles. The van der Waals surface area contributed by atoms with Crippen LogP contribution in [-0.2, 0) is 4.79 Å². The van der Waals surface area contributed by atoms with Crippen molar-refractivity contribution in [3.8, 4) is 0 Å². The van der Waals surface area contributed by atoms with Gasteiger partial charge in [0.05, 0.1) is 5.56 Å². The first-order valence-corrected chi connectivity index (χ1v) is 7.52. The van der Waals surface area contributed by atoms with Crippen molar-refractivity contribution in [2.24, 2.45) is 0 Å². The number of nitrogens with two attached hydrogens (primary N) is 1. The van der Waals surface area contributed by atoms with Gasteiger partial charge in [-0.1, -0.05) is 23.9 Å². The zero-order valence-corrected chi connectivity index (χ0v) is 13.2. The second-order valence-electron chi connectivity index (χ2n) is 4.66. The van der Waals surface area contributed by atoms with E-state index in [4.69, 9.17) is 10.8 Å². The van der Waals surface area contributed by atoms with Gasteiger partial charge in [0.25, 0.3) is 11.5 Å². The Morgan fingerprint density at radius 1 is 1.42 bits per heavy atom. The molecule has 10 heteroatoms. The molecule has 2 aromatic rings. The Bertz CT molecular complexity index is 855. The molecule has 5 N–H and O–H groups in total. The molecule has 1 heterocycles. The van der Waals surface area contributed by atoms with Crippen LogP contribution in [0.5, 0.6) is 0 Å². The number of H-pyrrole nitrogens is 1. The molecule has 0 aliphatic rings. The first kappa shape index (κ1) is 17.5. The van der Waals surface area contributed by atoms with Crippen LogP contribution in [-0.4, -0.2) is 32.2 Å². The van der Waals surface area contributed by atoms with E-state index in [0.29, 0.717) is 0 Å². The number of carboxylic acids is 1. The molecule has 2 rings (SSSR count). The summed E-state index contributed by atoms with van der Waals surface area (Å²) in [6.45, 7) is 1.41. The molecule has 0 saturated heterocycles. The summed E-state index contributed by atoms with van der Waals surface area (Å²) in [5, 5.41) is 10.2. The highest BCUT2D eigenvalue weighted by molar-refractivity contribution is 8.00. The van der Waals surface area contributed by atoms with Crippen LogP contribution in [0.4, 0.5) is 15.9 Å². The minimum Gasteiger partial charge on any atom is -0.480 e. The van der Waals surface area contributed by atoms with Gasteiger partial charge in [0, 0.05) is 0 Å². The quantitative estimate of drug-likeness (QED) is 0.470. The van der Waals surface area contributed by atoms with E-state index < -0.39 is 28.5 Å². The molecule has 0 spiro atoms. The molecule has 0 aliphatic heterocycles. The zero-order chi connectivity index (χ0) is 17.9. The van der Waals surface area contributed by atoms with E-state index in [1.54, 1.807) is 0 Å². The van der Waals surface area contributed by atoms with E-state index in [1.807, 2.05) is 0 Å². The third-order valence-electron chi connectivity index (χ3n) is 2.92. The van der Waals surface area contributed by atoms with E-state index in [-0.39, 0.29) is 22.2 Å². The molecule has 1 aromatic heterocycles. The number of carboxylic acid groups (broad SMARTS) is 1. The molecule has 1 aromatic carbocycles. The average Bonchev–Trinajstić information content (AvgIpc) is 2.51. The maximum atomic E-state index is 13.6. The number of carbonyl (C=O) groups excluding carboxylic acids is 1. The van der Waals surface area contributed by atoms with E-state index in [9.17, 15) is 18.8 Å². The van der Waals surface area contributed by atoms with Crippen molar-refractivity contribution >= 4 is 35.1 Å². The number of benzene rings is 1. The number of amides is 1. The Hall–Kier alpha value is -2.88. The summed E-state index contributed by atoms with van der Waals surface area (Å²) in [6, 6.07) is 5.25. The molecule has 0 unspecified atom stereocenters. The zero-order valence-electron chi connectivity index (χ0n) is 12.4. The summed E-state index contributed by atoms with van der Waals surface area (Å²) in [5.41, 5.74) is 4.27. The topological polar surface area (TPSA) is 138 Å². The lowest BCUT2D eigenvalue weighted by Crippen LogP contribution is -2.24. The summed E-state index contributed by atoms with van der Waals surface area (Å²) in [7, 11) is 0. The minimum atomic E-state index is -1.09. The number of aromatic nitrogens is 2. The lowest BCUT2D eigenvalue weighted by Gasteiger charge is -2.10. The fourth-order valence-electron chi connectivity index (χ4n) is 1.69. The fraction of sp³-hybridized carbons (Fsp3) is 0.143. The standard InChI is InChI=1S/C14H13FN4O4S/c1-6(13(22)23)24-14-18-10(16)9(12(21)19-14)17-11(20)7-4-2-3-5-8(7)15/h2-6H,1H3,(H,17,20)(H,22,23)(H3,16,18,19,21)/t6-/m0/s1. The maximum absolute atomic E-state index is 13.6. The van der Waals surface area contributed by atoms with Crippen LogP contribution in [0.15, 0.2) is 34.2 Å². The normalized spacial score (nSPS) is 11.8. The summed E-state index contributed by atoms with van der Waals surface area (Å²) < 4.78 is 13.6. The molecule has 0 bridgehead atoms. The van der Waals surface area contributed by atoms with Gasteiger partial charge in [-0.3, -0.25) is 19.4 Å². The van der Waals surface area contributed by atoms with Crippen molar-refractivity contribution in [2.45, 2.75) is 17.3 Å². The summed E-state index contributed by atoms with van der Waals surface area (Å²) in [4.78, 5) is 41.0. The number of carbonyl (C=O) groups is 2. The Morgan fingerprint density at radius 2 is 2.08 bits per heavy atom. The van der Waals surface area contributed by atoms with E-state index in [1.165, 1.54) is 25.1 Å². The molecule has 126 valence electrons. The third kappa shape index (κ3) is 3.90. The Balaban J connectivity index is 2.26. The highest BCUT2D eigenvalue weighted by atomic mass is 32.2. The minimum absolute atomic E-state index is 0.00343. The predicted molar refractivity (Wildman–Crippen MR) is 86.6 cm³/mol. The number of halogens is 1. The van der Waals surface area contributed by atoms with Crippen LogP contribution < -0.4 is 16.6 Å². The number of aliphatic carboxylic acids is 1. The smallest absolute Gasteiger partial charge is 0.316 e. The number of anilines is 2. The first-order valence-electron chi connectivity index (χ1n) is 6.64. The van der Waals surface area contributed by atoms with Crippen molar-refractivity contribution in [3.63, 3.8) is 0 Å². The second kappa shape index (κ2) is 7.13. The number of nitrogens with zero attached hydrogens (tertiary/aromatic N) is 1. The van der Waals surface area contributed by atoms with Gasteiger partial charge in [0.2, 0.25) is 0 Å². The van der Waals surface area contributed by atoms with E-state index in [2.05, 4.69) is 15.3 Å². The second-order valence-corrected chi connectivity index (χ2v) is 5.99. The molecule has 1 amide bonds. The van der Waals surface area contributed by atoms with Gasteiger partial charge in [0.1, 0.15) is 16.8 Å². The number of rotatable bonds is 5. The summed E-state index contributed by atoms with van der Waals surface area (Å²) in [5.74, 6) is -2.99. The lowest BCUT2D eigenvalue weighted by molar-refractivity contribution is -0.136. The first-order chi connectivity index (χ1) is 11.3. The van der Waals surface area contributed by atoms with Gasteiger partial charge in [0.15, 0.2) is 11.0 Å². The number of hydrogen-bond acceptors (Lipinski definition) is 6. The molecule has 8 nitrogen and oxygen atoms in total. The third-order valence-corrected chi connectivity index (χ3v) is 3.89. The Kier molecular flexibility index (Phi) is 5.19. The van der Waals surface area contributed by atoms with Gasteiger partial charge >= 0.3 is 5.97 Å². The SMILES string of the molecule is C[C@H](Sc1nc(N)c(NC(=O)c2ccccc2F)c(=O)[nH]1)C(=O)O. The largest absolute Gasteiger partial charge is 0.480 e. The van der Waals surface area contributed by atoms with Gasteiger partial charge in [-0.25, -0.2) is 9.37 Å². The lowest BCUT2D eigenvalue weighted by atomic mass is 10.2. The number of nitrogens with one attached hydrogen (secondary N) is 2. The van der Waals surface area contributed by atoms with Gasteiger partial charge < -0.3 is 16.2 Å². The Morgan fingerprint density at radius 3 is 2.67 bits per heavy atom. The highest BCUT2D eigenvalue weighted by Crippen LogP contribution is 2.21. The van der Waals surface area contributed by atoms with Crippen LogP contribution in [0.3, 0.4) is 0 Å². The number of nitrogen functional groups attached to an aromatic ring is 1. The van der Waals surface area contributed by atoms with Crippen molar-refractivity contribution < 1.29 is 19.1 Å².